The van der Waals surface area contributed by atoms with Gasteiger partial charge in [-0.15, -0.1) is 0 Å². The van der Waals surface area contributed by atoms with Crippen molar-refractivity contribution in [2.75, 3.05) is 0 Å². The highest BCUT2D eigenvalue weighted by Crippen LogP contribution is 2.38. The van der Waals surface area contributed by atoms with Crippen molar-refractivity contribution in [1.82, 2.24) is 4.90 Å². The van der Waals surface area contributed by atoms with E-state index in [2.05, 4.69) is 0 Å². The molecule has 3 aromatic rings. The number of nitrogens with zero attached hydrogens (tertiary/aromatic N) is 1. The third-order valence-corrected chi connectivity index (χ3v) is 6.10. The summed E-state index contributed by atoms with van der Waals surface area (Å²) < 4.78 is 6.44. The van der Waals surface area contributed by atoms with E-state index < -0.39 is 0 Å². The van der Waals surface area contributed by atoms with Gasteiger partial charge in [-0.1, -0.05) is 65.9 Å². The first-order valence-corrected chi connectivity index (χ1v) is 10.3. The van der Waals surface area contributed by atoms with Crippen LogP contribution in [0.5, 0.6) is 0 Å². The average Bonchev–Trinajstić information content (AvgIpc) is 3.27. The first-order valence-electron chi connectivity index (χ1n) is 8.71. The summed E-state index contributed by atoms with van der Waals surface area (Å²) in [5, 5.41) is 0.673. The summed E-state index contributed by atoms with van der Waals surface area (Å²) in [5.74, 6) is 1.23. The van der Waals surface area contributed by atoms with E-state index >= 15 is 0 Å². The maximum Gasteiger partial charge on any atom is 0.266 e. The van der Waals surface area contributed by atoms with Crippen molar-refractivity contribution in [1.29, 1.82) is 0 Å². The Kier molecular flexibility index (Phi) is 5.40. The second-order valence-electron chi connectivity index (χ2n) is 6.35. The standard InChI is InChI=1S/C22H16ClNO2S2/c1-14(15-5-3-2-4-6-15)24-21(25)20(28-22(24)27)13-18-11-12-19(26-18)16-7-9-17(23)10-8-16/h2-14H,1H3. The molecule has 0 aliphatic carbocycles. The maximum atomic E-state index is 12.9. The smallest absolute Gasteiger partial charge is 0.266 e. The van der Waals surface area contributed by atoms with E-state index in [4.69, 9.17) is 28.2 Å². The summed E-state index contributed by atoms with van der Waals surface area (Å²) in [4.78, 5) is 15.2. The summed E-state index contributed by atoms with van der Waals surface area (Å²) in [7, 11) is 0. The van der Waals surface area contributed by atoms with Gasteiger partial charge in [-0.2, -0.15) is 0 Å². The Hall–Kier alpha value is -2.34. The molecule has 0 saturated carbocycles. The second-order valence-corrected chi connectivity index (χ2v) is 8.46. The van der Waals surface area contributed by atoms with Crippen molar-refractivity contribution in [3.8, 4) is 11.3 Å². The highest BCUT2D eigenvalue weighted by Gasteiger charge is 2.36. The molecule has 1 unspecified atom stereocenters. The predicted octanol–water partition coefficient (Wildman–Crippen LogP) is 6.56. The summed E-state index contributed by atoms with van der Waals surface area (Å²) >= 11 is 12.7. The van der Waals surface area contributed by atoms with Crippen LogP contribution >= 0.6 is 35.6 Å². The quantitative estimate of drug-likeness (QED) is 0.350. The van der Waals surface area contributed by atoms with Crippen molar-refractivity contribution in [3.63, 3.8) is 0 Å². The van der Waals surface area contributed by atoms with Crippen LogP contribution < -0.4 is 0 Å². The van der Waals surface area contributed by atoms with Crippen LogP contribution in [-0.4, -0.2) is 15.1 Å². The lowest BCUT2D eigenvalue weighted by Gasteiger charge is -2.23. The minimum absolute atomic E-state index is 0.101. The van der Waals surface area contributed by atoms with E-state index in [0.29, 0.717) is 20.0 Å². The minimum Gasteiger partial charge on any atom is -0.457 e. The highest BCUT2D eigenvalue weighted by molar-refractivity contribution is 8.26. The zero-order valence-electron chi connectivity index (χ0n) is 15.0. The Morgan fingerprint density at radius 1 is 1.07 bits per heavy atom. The molecular weight excluding hydrogens is 410 g/mol. The largest absolute Gasteiger partial charge is 0.457 e. The van der Waals surface area contributed by atoms with Crippen LogP contribution in [0.1, 0.15) is 24.3 Å². The van der Waals surface area contributed by atoms with Gasteiger partial charge >= 0.3 is 0 Å². The fourth-order valence-electron chi connectivity index (χ4n) is 3.02. The number of hydrogen-bond donors (Lipinski definition) is 0. The number of carbonyl (C=O) groups is 1. The number of hydrogen-bond acceptors (Lipinski definition) is 4. The van der Waals surface area contributed by atoms with Gasteiger partial charge in [-0.05, 0) is 48.9 Å². The summed E-state index contributed by atoms with van der Waals surface area (Å²) in [6.07, 6.45) is 1.75. The van der Waals surface area contributed by atoms with Crippen LogP contribution in [0.15, 0.2) is 76.1 Å². The third-order valence-electron chi connectivity index (χ3n) is 4.52. The number of furan rings is 1. The summed E-state index contributed by atoms with van der Waals surface area (Å²) in [6, 6.07) is 20.9. The molecule has 1 atom stereocenters. The fraction of sp³-hybridized carbons (Fsp3) is 0.0909. The number of rotatable bonds is 4. The molecule has 2 heterocycles. The first kappa shape index (κ1) is 19.0. The second kappa shape index (κ2) is 7.95. The Morgan fingerprint density at radius 3 is 2.50 bits per heavy atom. The first-order chi connectivity index (χ1) is 13.5. The van der Waals surface area contributed by atoms with Crippen LogP contribution in [0.3, 0.4) is 0 Å². The van der Waals surface area contributed by atoms with Gasteiger partial charge in [0.05, 0.1) is 10.9 Å². The molecule has 0 N–H and O–H groups in total. The lowest BCUT2D eigenvalue weighted by Crippen LogP contribution is -2.30. The van der Waals surface area contributed by atoms with Crippen LogP contribution in [0.25, 0.3) is 17.4 Å². The van der Waals surface area contributed by atoms with Crippen LogP contribution in [0, 0.1) is 0 Å². The van der Waals surface area contributed by atoms with Crippen molar-refractivity contribution in [2.45, 2.75) is 13.0 Å². The Labute approximate surface area is 178 Å². The van der Waals surface area contributed by atoms with E-state index in [1.165, 1.54) is 11.8 Å². The SMILES string of the molecule is CC(c1ccccc1)N1C(=O)C(=Cc2ccc(-c3ccc(Cl)cc3)o2)SC1=S. The third kappa shape index (κ3) is 3.78. The molecule has 6 heteroatoms. The molecule has 1 saturated heterocycles. The van der Waals surface area contributed by atoms with Crippen molar-refractivity contribution < 1.29 is 9.21 Å². The molecule has 0 bridgehead atoms. The van der Waals surface area contributed by atoms with Gasteiger partial charge in [0.25, 0.3) is 5.91 Å². The lowest BCUT2D eigenvalue weighted by molar-refractivity contribution is -0.123. The van der Waals surface area contributed by atoms with Crippen LogP contribution in [-0.2, 0) is 4.79 Å². The molecule has 4 rings (SSSR count). The van der Waals surface area contributed by atoms with Gasteiger partial charge in [0.15, 0.2) is 0 Å². The number of thioether (sulfide) groups is 1. The Bertz CT molecular complexity index is 1060. The molecule has 140 valence electrons. The molecule has 0 radical (unpaired) electrons. The number of carbonyl (C=O) groups excluding carboxylic acids is 1. The zero-order chi connectivity index (χ0) is 19.7. The van der Waals surface area contributed by atoms with Crippen molar-refractivity contribution >= 4 is 51.9 Å². The Balaban J connectivity index is 1.57. The number of thiocarbonyl (C=S) groups is 1. The van der Waals surface area contributed by atoms with E-state index in [0.717, 1.165) is 16.9 Å². The van der Waals surface area contributed by atoms with Gasteiger partial charge in [-0.3, -0.25) is 9.69 Å². The summed E-state index contributed by atoms with van der Waals surface area (Å²) in [6.45, 7) is 1.98. The maximum absolute atomic E-state index is 12.9. The monoisotopic (exact) mass is 425 g/mol. The molecular formula is C22H16ClNO2S2. The highest BCUT2D eigenvalue weighted by atomic mass is 35.5. The summed E-state index contributed by atoms with van der Waals surface area (Å²) in [5.41, 5.74) is 1.97. The molecule has 1 aliphatic heterocycles. The molecule has 1 aromatic heterocycles. The Morgan fingerprint density at radius 2 is 1.79 bits per heavy atom. The molecule has 1 aliphatic rings. The normalized spacial score (nSPS) is 16.8. The van der Waals surface area contributed by atoms with Gasteiger partial charge < -0.3 is 4.42 Å². The van der Waals surface area contributed by atoms with Gasteiger partial charge in [0.2, 0.25) is 0 Å². The fourth-order valence-corrected chi connectivity index (χ4v) is 4.55. The molecule has 1 amide bonds. The zero-order valence-corrected chi connectivity index (χ0v) is 17.4. The molecule has 28 heavy (non-hydrogen) atoms. The molecule has 2 aromatic carbocycles. The van der Waals surface area contributed by atoms with E-state index in [9.17, 15) is 4.79 Å². The van der Waals surface area contributed by atoms with E-state index in [-0.39, 0.29) is 11.9 Å². The van der Waals surface area contributed by atoms with E-state index in [1.54, 1.807) is 11.0 Å². The lowest BCUT2D eigenvalue weighted by atomic mass is 10.1. The number of amides is 1. The molecule has 1 fully saturated rings. The van der Waals surface area contributed by atoms with Crippen LogP contribution in [0.4, 0.5) is 0 Å². The van der Waals surface area contributed by atoms with Gasteiger partial charge in [-0.25, -0.2) is 0 Å². The number of halogens is 1. The average molecular weight is 426 g/mol. The number of benzene rings is 2. The predicted molar refractivity (Wildman–Crippen MR) is 119 cm³/mol. The topological polar surface area (TPSA) is 33.5 Å². The van der Waals surface area contributed by atoms with Crippen molar-refractivity contribution in [3.05, 3.63) is 88.0 Å². The molecule has 3 nitrogen and oxygen atoms in total. The van der Waals surface area contributed by atoms with Gasteiger partial charge in [0, 0.05) is 16.7 Å². The van der Waals surface area contributed by atoms with Crippen LogP contribution in [0.2, 0.25) is 5.02 Å². The molecule has 0 spiro atoms. The van der Waals surface area contributed by atoms with E-state index in [1.807, 2.05) is 73.7 Å². The minimum atomic E-state index is -0.124. The van der Waals surface area contributed by atoms with Crippen molar-refractivity contribution in [2.24, 2.45) is 0 Å². The van der Waals surface area contributed by atoms with Gasteiger partial charge in [0.1, 0.15) is 15.8 Å².